The van der Waals surface area contributed by atoms with Gasteiger partial charge in [0.1, 0.15) is 12.3 Å². The molecular formula is C57H94N12O20. The van der Waals surface area contributed by atoms with Crippen LogP contribution in [0, 0.1) is 6.92 Å². The normalized spacial score (nSPS) is 11.4. The van der Waals surface area contributed by atoms with Gasteiger partial charge in [0, 0.05) is 78.2 Å². The van der Waals surface area contributed by atoms with Gasteiger partial charge in [0.2, 0.25) is 17.6 Å². The molecule has 0 fully saturated rings. The number of nitrogens with one attached hydrogen (secondary N) is 5. The maximum absolute atomic E-state index is 13.2. The molecule has 0 aliphatic heterocycles. The van der Waals surface area contributed by atoms with E-state index in [0.717, 1.165) is 5.69 Å². The van der Waals surface area contributed by atoms with Crippen molar-refractivity contribution in [3.63, 3.8) is 0 Å². The van der Waals surface area contributed by atoms with E-state index in [-0.39, 0.29) is 61.8 Å². The second-order valence-corrected chi connectivity index (χ2v) is 19.3. The van der Waals surface area contributed by atoms with Gasteiger partial charge >= 0.3 is 0 Å². The van der Waals surface area contributed by atoms with Crippen LogP contribution in [0.2, 0.25) is 0 Å². The topological polar surface area (TPSA) is 355 Å². The lowest BCUT2D eigenvalue weighted by molar-refractivity contribution is -0.121. The standard InChI is InChI=1S/C57H94N12O20/c1-45-38-46(40-66(45)2)60-56(73)53-64-49(42-68(53)4)62-51(70)6-8-59-55(72)48-39-47(41-67(48)3)61-57(74)54-65-50(43-69(54)5)63-52(71)44-89-37-36-88-35-34-87-33-32-86-31-30-85-29-28-84-27-26-83-25-24-82-23-22-81-21-20-80-19-18-79-17-16-78-15-14-77-13-12-76-11-10-75-9-7-58/h38-43H,6-37,44,58H2,1-5H3,(H,59,72)(H,60,73)(H,61,74)(H,62,70)(H,63,71). The van der Waals surface area contributed by atoms with Crippen molar-refractivity contribution < 1.29 is 95.0 Å². The summed E-state index contributed by atoms with van der Waals surface area (Å²) in [4.78, 5) is 72.6. The van der Waals surface area contributed by atoms with Crippen molar-refractivity contribution in [2.45, 2.75) is 13.3 Å². The average Bonchev–Trinajstić information content (AvgIpc) is 2.02. The smallest absolute Gasteiger partial charge is 0.291 e. The van der Waals surface area contributed by atoms with Crippen LogP contribution in [0.1, 0.15) is 43.8 Å². The SMILES string of the molecule is Cc1cc(NC(=O)c2nc(NC(=O)CCNC(=O)c3cc(NC(=O)c4nc(NC(=O)COCCOCCOCCOCCOCCOCCOCCOCCOCCOCCOCCOCCOCCOCCOCCN)cn4C)cn3C)cn2C)cn1C. The van der Waals surface area contributed by atoms with Crippen molar-refractivity contribution in [3.8, 4) is 0 Å². The first-order chi connectivity index (χ1) is 43.3. The van der Waals surface area contributed by atoms with E-state index in [2.05, 4.69) is 36.6 Å². The summed E-state index contributed by atoms with van der Waals surface area (Å²) < 4.78 is 88.3. The summed E-state index contributed by atoms with van der Waals surface area (Å²) in [7, 11) is 6.72. The highest BCUT2D eigenvalue weighted by Gasteiger charge is 2.20. The van der Waals surface area contributed by atoms with E-state index in [1.807, 2.05) is 24.6 Å². The minimum Gasteiger partial charge on any atom is -0.378 e. The van der Waals surface area contributed by atoms with Crippen LogP contribution in [0.25, 0.3) is 0 Å². The van der Waals surface area contributed by atoms with Gasteiger partial charge in [-0.05, 0) is 19.1 Å². The maximum Gasteiger partial charge on any atom is 0.291 e. The highest BCUT2D eigenvalue weighted by Crippen LogP contribution is 2.17. The molecule has 4 aromatic rings. The Labute approximate surface area is 519 Å². The molecule has 0 spiro atoms. The predicted molar refractivity (Wildman–Crippen MR) is 323 cm³/mol. The number of nitrogens with two attached hydrogens (primary N) is 1. The second-order valence-electron chi connectivity index (χ2n) is 19.3. The van der Waals surface area contributed by atoms with Crippen LogP contribution in [0.3, 0.4) is 0 Å². The number of amides is 5. The molecule has 5 amide bonds. The van der Waals surface area contributed by atoms with Crippen molar-refractivity contribution in [2.24, 2.45) is 33.9 Å². The molecule has 0 radical (unpaired) electrons. The number of rotatable bonds is 56. The summed E-state index contributed by atoms with van der Waals surface area (Å²) in [5.74, 6) is -2.00. The van der Waals surface area contributed by atoms with E-state index in [1.54, 1.807) is 33.5 Å². The van der Waals surface area contributed by atoms with E-state index in [4.69, 9.17) is 76.8 Å². The third-order valence-electron chi connectivity index (χ3n) is 12.0. The molecule has 4 rings (SSSR count). The Bertz CT molecular complexity index is 2560. The van der Waals surface area contributed by atoms with Gasteiger partial charge in [0.25, 0.3) is 23.6 Å². The molecule has 0 bridgehead atoms. The molecule has 0 aliphatic carbocycles. The molecule has 32 nitrogen and oxygen atoms in total. The van der Waals surface area contributed by atoms with Crippen LogP contribution in [0.5, 0.6) is 0 Å². The van der Waals surface area contributed by atoms with Gasteiger partial charge in [-0.15, -0.1) is 0 Å². The number of carbonyl (C=O) groups excluding carboxylic acids is 5. The second kappa shape index (κ2) is 47.6. The van der Waals surface area contributed by atoms with Gasteiger partial charge in [-0.2, -0.15) is 0 Å². The first-order valence-corrected chi connectivity index (χ1v) is 29.6. The zero-order valence-corrected chi connectivity index (χ0v) is 52.2. The fourth-order valence-electron chi connectivity index (χ4n) is 7.54. The first kappa shape index (κ1) is 75.2. The van der Waals surface area contributed by atoms with Crippen molar-refractivity contribution in [3.05, 3.63) is 60.0 Å². The molecule has 0 unspecified atom stereocenters. The molecule has 4 aromatic heterocycles. The molecule has 0 atom stereocenters. The minimum absolute atomic E-state index is 0.00364. The number of aryl methyl sites for hydroxylation is 5. The number of hydrogen-bond donors (Lipinski definition) is 6. The Morgan fingerprint density at radius 3 is 1.03 bits per heavy atom. The van der Waals surface area contributed by atoms with Crippen molar-refractivity contribution in [1.29, 1.82) is 0 Å². The Kier molecular flexibility index (Phi) is 40.2. The molecule has 0 aliphatic rings. The van der Waals surface area contributed by atoms with Crippen LogP contribution in [0.4, 0.5) is 23.0 Å². The van der Waals surface area contributed by atoms with Gasteiger partial charge in [-0.3, -0.25) is 24.0 Å². The minimum atomic E-state index is -0.589. The quantitative estimate of drug-likeness (QED) is 0.0329. The Balaban J connectivity index is 0.854. The van der Waals surface area contributed by atoms with Gasteiger partial charge in [0.05, 0.1) is 203 Å². The Morgan fingerprint density at radius 2 is 0.697 bits per heavy atom. The fraction of sp³-hybridized carbons (Fsp3) is 0.667. The number of aromatic nitrogens is 6. The molecule has 0 aromatic carbocycles. The van der Waals surface area contributed by atoms with Crippen LogP contribution >= 0.6 is 0 Å². The van der Waals surface area contributed by atoms with Crippen LogP contribution in [-0.4, -0.2) is 269 Å². The number of imidazole rings is 2. The van der Waals surface area contributed by atoms with Gasteiger partial charge in [0.15, 0.2) is 11.6 Å². The zero-order valence-electron chi connectivity index (χ0n) is 52.2. The van der Waals surface area contributed by atoms with E-state index in [1.165, 1.54) is 32.2 Å². The number of nitrogens with zero attached hydrogens (tertiary/aromatic N) is 6. The van der Waals surface area contributed by atoms with E-state index < -0.39 is 29.5 Å². The summed E-state index contributed by atoms with van der Waals surface area (Å²) in [5, 5.41) is 13.4. The summed E-state index contributed by atoms with van der Waals surface area (Å²) in [6.07, 6.45) is 6.24. The molecule has 502 valence electrons. The van der Waals surface area contributed by atoms with Crippen molar-refractivity contribution >= 4 is 52.5 Å². The summed E-state index contributed by atoms with van der Waals surface area (Å²) in [6.45, 7) is 15.1. The predicted octanol–water partition coefficient (Wildman–Crippen LogP) is 0.548. The first-order valence-electron chi connectivity index (χ1n) is 29.6. The highest BCUT2D eigenvalue weighted by molar-refractivity contribution is 6.04. The van der Waals surface area contributed by atoms with Gasteiger partial charge < -0.3 is 122 Å². The number of ether oxygens (including phenoxy) is 15. The summed E-state index contributed by atoms with van der Waals surface area (Å²) in [6, 6.07) is 3.30. The summed E-state index contributed by atoms with van der Waals surface area (Å²) in [5.41, 5.74) is 7.46. The maximum atomic E-state index is 13.2. The molecule has 32 heteroatoms. The molecule has 0 saturated carbocycles. The average molecular weight is 1270 g/mol. The van der Waals surface area contributed by atoms with Crippen molar-refractivity contribution in [2.75, 3.05) is 233 Å². The fourth-order valence-corrected chi connectivity index (χ4v) is 7.54. The zero-order chi connectivity index (χ0) is 63.9. The molecular weight excluding hydrogens is 1170 g/mol. The monoisotopic (exact) mass is 1270 g/mol. The van der Waals surface area contributed by atoms with Gasteiger partial charge in [-0.1, -0.05) is 0 Å². The van der Waals surface area contributed by atoms with E-state index >= 15 is 0 Å². The van der Waals surface area contributed by atoms with E-state index in [9.17, 15) is 24.0 Å². The Hall–Kier alpha value is -6.31. The van der Waals surface area contributed by atoms with Crippen LogP contribution in [-0.2, 0) is 109 Å². The van der Waals surface area contributed by atoms with Crippen molar-refractivity contribution in [1.82, 2.24) is 33.6 Å². The van der Waals surface area contributed by atoms with Crippen LogP contribution in [0.15, 0.2) is 36.9 Å². The largest absolute Gasteiger partial charge is 0.378 e. The number of carbonyl (C=O) groups is 5. The molecule has 4 heterocycles. The lowest BCUT2D eigenvalue weighted by Crippen LogP contribution is -2.29. The molecule has 7 N–H and O–H groups in total. The third-order valence-corrected chi connectivity index (χ3v) is 12.0. The molecule has 0 saturated heterocycles. The Morgan fingerprint density at radius 1 is 0.382 bits per heavy atom. The third kappa shape index (κ3) is 34.5. The van der Waals surface area contributed by atoms with Gasteiger partial charge in [-0.25, -0.2) is 9.97 Å². The number of hydrogen-bond acceptors (Lipinski definition) is 23. The number of anilines is 4. The van der Waals surface area contributed by atoms with Crippen LogP contribution < -0.4 is 32.3 Å². The molecule has 89 heavy (non-hydrogen) atoms. The summed E-state index contributed by atoms with van der Waals surface area (Å²) >= 11 is 0. The lowest BCUT2D eigenvalue weighted by atomic mass is 10.3. The van der Waals surface area contributed by atoms with E-state index in [0.29, 0.717) is 196 Å². The highest BCUT2D eigenvalue weighted by atomic mass is 16.6. The lowest BCUT2D eigenvalue weighted by Gasteiger charge is -2.09.